The van der Waals surface area contributed by atoms with Gasteiger partial charge in [-0.1, -0.05) is 24.3 Å². The van der Waals surface area contributed by atoms with Gasteiger partial charge in [0, 0.05) is 21.0 Å². The summed E-state index contributed by atoms with van der Waals surface area (Å²) in [6.07, 6.45) is 1.47. The van der Waals surface area contributed by atoms with Crippen LogP contribution in [0.2, 0.25) is 0 Å². The summed E-state index contributed by atoms with van der Waals surface area (Å²) in [7, 11) is 0. The van der Waals surface area contributed by atoms with Crippen molar-refractivity contribution in [1.82, 2.24) is 20.2 Å². The number of benzene rings is 2. The van der Waals surface area contributed by atoms with E-state index in [9.17, 15) is 4.39 Å². The molecule has 2 N–H and O–H groups in total. The van der Waals surface area contributed by atoms with Gasteiger partial charge in [0.25, 0.3) is 0 Å². The third-order valence-corrected chi connectivity index (χ3v) is 5.51. The smallest absolute Gasteiger partial charge is 0.157 e. The van der Waals surface area contributed by atoms with E-state index in [1.165, 1.54) is 12.4 Å². The molecule has 0 spiro atoms. The number of H-pyrrole nitrogens is 1. The van der Waals surface area contributed by atoms with E-state index >= 15 is 0 Å². The number of halogens is 1. The van der Waals surface area contributed by atoms with E-state index in [2.05, 4.69) is 20.5 Å². The first-order valence-electron chi connectivity index (χ1n) is 8.40. The normalized spacial score (nSPS) is 11.3. The second-order valence-electron chi connectivity index (χ2n) is 6.22. The van der Waals surface area contributed by atoms with E-state index in [0.717, 1.165) is 32.1 Å². The van der Waals surface area contributed by atoms with E-state index in [-0.39, 0.29) is 5.82 Å². The fourth-order valence-electron chi connectivity index (χ4n) is 3.25. The minimum absolute atomic E-state index is 0.302. The average Bonchev–Trinajstić information content (AvgIpc) is 3.36. The lowest BCUT2D eigenvalue weighted by atomic mass is 10.1. The number of hydrogen-bond donors (Lipinski definition) is 2. The number of nitrogens with one attached hydrogen (secondary N) is 2. The molecule has 0 saturated heterocycles. The summed E-state index contributed by atoms with van der Waals surface area (Å²) in [5.74, 6) is 0.972. The molecule has 7 heteroatoms. The van der Waals surface area contributed by atoms with E-state index in [1.54, 1.807) is 17.4 Å². The molecule has 0 aliphatic heterocycles. The van der Waals surface area contributed by atoms with Crippen molar-refractivity contribution in [3.05, 3.63) is 65.6 Å². The Kier molecular flexibility index (Phi) is 3.61. The van der Waals surface area contributed by atoms with Gasteiger partial charge in [0.1, 0.15) is 18.0 Å². The highest BCUT2D eigenvalue weighted by atomic mass is 32.1. The monoisotopic (exact) mass is 375 g/mol. The lowest BCUT2D eigenvalue weighted by Gasteiger charge is -2.13. The van der Waals surface area contributed by atoms with Crippen LogP contribution in [0.1, 0.15) is 5.56 Å². The van der Waals surface area contributed by atoms with Gasteiger partial charge in [-0.3, -0.25) is 5.10 Å². The lowest BCUT2D eigenvalue weighted by Crippen LogP contribution is -2.00. The maximum Gasteiger partial charge on any atom is 0.157 e. The van der Waals surface area contributed by atoms with Gasteiger partial charge in [-0.15, -0.1) is 11.3 Å². The van der Waals surface area contributed by atoms with Gasteiger partial charge in [-0.05, 0) is 36.1 Å². The highest BCUT2D eigenvalue weighted by molar-refractivity contribution is 7.18. The van der Waals surface area contributed by atoms with Crippen LogP contribution in [0.3, 0.4) is 0 Å². The first kappa shape index (κ1) is 15.9. The molecule has 0 unspecified atom stereocenters. The number of anilines is 2. The maximum absolute atomic E-state index is 14.4. The van der Waals surface area contributed by atoms with Crippen LogP contribution in [0.5, 0.6) is 0 Å². The van der Waals surface area contributed by atoms with Gasteiger partial charge in [0.15, 0.2) is 5.82 Å². The van der Waals surface area contributed by atoms with E-state index in [4.69, 9.17) is 4.98 Å². The van der Waals surface area contributed by atoms with Crippen molar-refractivity contribution in [2.24, 2.45) is 0 Å². The Morgan fingerprint density at radius 1 is 1.07 bits per heavy atom. The van der Waals surface area contributed by atoms with Gasteiger partial charge in [-0.25, -0.2) is 14.4 Å². The SMILES string of the molecule is Cc1cccc(F)c1Nc1nc2c(-c3ncn[nH]3)cccc2c2sccc12. The van der Waals surface area contributed by atoms with Crippen LogP contribution in [-0.4, -0.2) is 20.2 Å². The second-order valence-corrected chi connectivity index (χ2v) is 7.13. The van der Waals surface area contributed by atoms with Gasteiger partial charge >= 0.3 is 0 Å². The molecule has 27 heavy (non-hydrogen) atoms. The molecule has 0 amide bonds. The van der Waals surface area contributed by atoms with Crippen molar-refractivity contribution < 1.29 is 4.39 Å². The number of pyridine rings is 1. The molecule has 0 bridgehead atoms. The molecule has 0 saturated carbocycles. The minimum Gasteiger partial charge on any atom is -0.337 e. The van der Waals surface area contributed by atoms with Crippen LogP contribution < -0.4 is 5.32 Å². The molecule has 0 atom stereocenters. The number of para-hydroxylation sites is 2. The Labute approximate surface area is 157 Å². The summed E-state index contributed by atoms with van der Waals surface area (Å²) < 4.78 is 15.5. The average molecular weight is 375 g/mol. The van der Waals surface area contributed by atoms with Crippen LogP contribution in [-0.2, 0) is 0 Å². The van der Waals surface area contributed by atoms with Gasteiger partial charge < -0.3 is 5.32 Å². The third kappa shape index (κ3) is 2.55. The summed E-state index contributed by atoms with van der Waals surface area (Å²) >= 11 is 1.64. The van der Waals surface area contributed by atoms with E-state index < -0.39 is 0 Å². The third-order valence-electron chi connectivity index (χ3n) is 4.56. The Morgan fingerprint density at radius 2 is 1.96 bits per heavy atom. The van der Waals surface area contributed by atoms with Gasteiger partial charge in [-0.2, -0.15) is 5.10 Å². The van der Waals surface area contributed by atoms with Crippen LogP contribution >= 0.6 is 11.3 Å². The first-order valence-corrected chi connectivity index (χ1v) is 9.28. The minimum atomic E-state index is -0.302. The van der Waals surface area contributed by atoms with Crippen LogP contribution in [0.25, 0.3) is 32.4 Å². The topological polar surface area (TPSA) is 66.5 Å². The molecule has 3 heterocycles. The largest absolute Gasteiger partial charge is 0.337 e. The number of aryl methyl sites for hydroxylation is 1. The van der Waals surface area contributed by atoms with Gasteiger partial charge in [0.2, 0.25) is 0 Å². The van der Waals surface area contributed by atoms with Crippen LogP contribution in [0, 0.1) is 12.7 Å². The number of hydrogen-bond acceptors (Lipinski definition) is 5. The molecule has 0 radical (unpaired) electrons. The maximum atomic E-state index is 14.4. The summed E-state index contributed by atoms with van der Waals surface area (Å²) in [5.41, 5.74) is 2.91. The summed E-state index contributed by atoms with van der Waals surface area (Å²) in [6, 6.07) is 13.0. The number of aromatic nitrogens is 4. The summed E-state index contributed by atoms with van der Waals surface area (Å²) in [5, 5.41) is 14.1. The molecule has 5 aromatic rings. The predicted molar refractivity (Wildman–Crippen MR) is 107 cm³/mol. The Morgan fingerprint density at radius 3 is 2.78 bits per heavy atom. The number of rotatable bonds is 3. The molecule has 5 rings (SSSR count). The highest BCUT2D eigenvalue weighted by Crippen LogP contribution is 2.38. The molecule has 0 aliphatic carbocycles. The summed E-state index contributed by atoms with van der Waals surface area (Å²) in [6.45, 7) is 1.87. The molecular weight excluding hydrogens is 361 g/mol. The molecule has 2 aromatic carbocycles. The molecule has 5 nitrogen and oxygen atoms in total. The number of fused-ring (bicyclic) bond motifs is 3. The highest BCUT2D eigenvalue weighted by Gasteiger charge is 2.16. The van der Waals surface area contributed by atoms with Gasteiger partial charge in [0.05, 0.1) is 11.2 Å². The number of thiophene rings is 1. The van der Waals surface area contributed by atoms with Crippen molar-refractivity contribution in [3.8, 4) is 11.4 Å². The van der Waals surface area contributed by atoms with Crippen LogP contribution in [0.4, 0.5) is 15.9 Å². The number of aromatic amines is 1. The van der Waals surface area contributed by atoms with Crippen molar-refractivity contribution in [2.75, 3.05) is 5.32 Å². The molecule has 0 fully saturated rings. The number of nitrogens with zero attached hydrogens (tertiary/aromatic N) is 3. The quantitative estimate of drug-likeness (QED) is 0.441. The molecule has 3 aromatic heterocycles. The first-order chi connectivity index (χ1) is 13.2. The molecular formula is C20H14FN5S. The Hall–Kier alpha value is -3.32. The van der Waals surface area contributed by atoms with Crippen molar-refractivity contribution in [1.29, 1.82) is 0 Å². The van der Waals surface area contributed by atoms with Crippen LogP contribution in [0.15, 0.2) is 54.2 Å². The Bertz CT molecular complexity index is 1260. The predicted octanol–water partition coefficient (Wildman–Crippen LogP) is 5.43. The zero-order valence-corrected chi connectivity index (χ0v) is 15.1. The Balaban J connectivity index is 1.79. The van der Waals surface area contributed by atoms with Crippen molar-refractivity contribution >= 4 is 43.8 Å². The molecule has 0 aliphatic rings. The zero-order valence-electron chi connectivity index (χ0n) is 14.3. The fourth-order valence-corrected chi connectivity index (χ4v) is 4.18. The van der Waals surface area contributed by atoms with Crippen molar-refractivity contribution in [3.63, 3.8) is 0 Å². The summed E-state index contributed by atoms with van der Waals surface area (Å²) in [4.78, 5) is 9.11. The lowest BCUT2D eigenvalue weighted by molar-refractivity contribution is 0.631. The van der Waals surface area contributed by atoms with E-state index in [1.807, 2.05) is 42.6 Å². The molecule has 132 valence electrons. The standard InChI is InChI=1S/C20H14FN5S/c1-11-4-2-7-15(21)16(11)24-20-14-8-9-27-18(14)12-5-3-6-13(17(12)25-20)19-22-10-23-26-19/h2-10H,1H3,(H,24,25)(H,22,23,26). The van der Waals surface area contributed by atoms with E-state index in [0.29, 0.717) is 17.3 Å². The second kappa shape index (κ2) is 6.14. The zero-order chi connectivity index (χ0) is 18.4. The van der Waals surface area contributed by atoms with Crippen molar-refractivity contribution in [2.45, 2.75) is 6.92 Å². The fraction of sp³-hybridized carbons (Fsp3) is 0.0500.